The Morgan fingerprint density at radius 3 is 2.43 bits per heavy atom. The fourth-order valence-corrected chi connectivity index (χ4v) is 4.03. The number of hydrogen-bond donors (Lipinski definition) is 3. The second kappa shape index (κ2) is 10.8. The normalized spacial score (nSPS) is 11.5. The summed E-state index contributed by atoms with van der Waals surface area (Å²) in [6.45, 7) is -0.786. The predicted octanol–water partition coefficient (Wildman–Crippen LogP) is 3.89. The number of hydrogen-bond acceptors (Lipinski definition) is 5. The van der Waals surface area contributed by atoms with Crippen LogP contribution in [0.1, 0.15) is 15.9 Å². The molecule has 7 nitrogen and oxygen atoms in total. The number of benzene rings is 3. The Labute approximate surface area is 199 Å². The summed E-state index contributed by atoms with van der Waals surface area (Å²) >= 11 is 0. The third-order valence-corrected chi connectivity index (χ3v) is 5.88. The number of nitrogens with two attached hydrogens (primary N) is 1. The van der Waals surface area contributed by atoms with Crippen LogP contribution in [0.25, 0.3) is 11.1 Å². The molecule has 3 rings (SSSR count). The van der Waals surface area contributed by atoms with E-state index in [2.05, 4.69) is 10.6 Å². The van der Waals surface area contributed by atoms with Gasteiger partial charge in [-0.1, -0.05) is 6.07 Å². The first-order valence-electron chi connectivity index (χ1n) is 10.1. The van der Waals surface area contributed by atoms with E-state index in [1.54, 1.807) is 0 Å². The van der Waals surface area contributed by atoms with Crippen molar-refractivity contribution >= 4 is 21.6 Å². The number of carbonyl (C=O) groups is 1. The molecule has 0 fully saturated rings. The molecule has 12 heteroatoms. The van der Waals surface area contributed by atoms with Gasteiger partial charge in [-0.2, -0.15) is 0 Å². The van der Waals surface area contributed by atoms with E-state index in [1.165, 1.54) is 43.5 Å². The number of methoxy groups -OCH3 is 1. The quantitative estimate of drug-likeness (QED) is 0.378. The van der Waals surface area contributed by atoms with Crippen molar-refractivity contribution in [2.24, 2.45) is 5.14 Å². The third-order valence-electron chi connectivity index (χ3n) is 4.93. The maximum atomic E-state index is 14.4. The molecule has 0 spiro atoms. The number of alkyl halides is 2. The van der Waals surface area contributed by atoms with Gasteiger partial charge in [0.05, 0.1) is 13.7 Å². The lowest BCUT2D eigenvalue weighted by Crippen LogP contribution is -2.21. The van der Waals surface area contributed by atoms with Crippen LogP contribution in [0.15, 0.2) is 59.5 Å². The fraction of sp³-hybridized carbons (Fsp3) is 0.174. The Balaban J connectivity index is 1.94. The highest BCUT2D eigenvalue weighted by Gasteiger charge is 2.18. The minimum Gasteiger partial charge on any atom is -0.495 e. The first-order chi connectivity index (χ1) is 16.5. The summed E-state index contributed by atoms with van der Waals surface area (Å²) in [5.74, 6) is -2.12. The molecule has 0 atom stereocenters. The minimum absolute atomic E-state index is 0.0842. The highest BCUT2D eigenvalue weighted by atomic mass is 32.2. The lowest BCUT2D eigenvalue weighted by Gasteiger charge is -2.15. The van der Waals surface area contributed by atoms with E-state index in [-0.39, 0.29) is 45.1 Å². The third kappa shape index (κ3) is 6.56. The van der Waals surface area contributed by atoms with Crippen molar-refractivity contribution in [3.8, 4) is 16.9 Å². The maximum Gasteiger partial charge on any atom is 0.255 e. The average molecular weight is 511 g/mol. The molecule has 4 N–H and O–H groups in total. The highest BCUT2D eigenvalue weighted by molar-refractivity contribution is 7.89. The summed E-state index contributed by atoms with van der Waals surface area (Å²) in [7, 11) is -2.82. The minimum atomic E-state index is -4.06. The largest absolute Gasteiger partial charge is 0.495 e. The van der Waals surface area contributed by atoms with Gasteiger partial charge in [-0.15, -0.1) is 0 Å². The van der Waals surface area contributed by atoms with Gasteiger partial charge in [0.2, 0.25) is 10.0 Å². The van der Waals surface area contributed by atoms with E-state index >= 15 is 0 Å². The zero-order chi connectivity index (χ0) is 25.8. The standard InChI is InChI=1S/C23H21F4N3O4S/c1-34-20-10-16(4-7-21(20)35(28,32)33)30-23(31)13-2-5-17(14(8-13)11-29-12-22(26)27)18-9-15(24)3-6-19(18)25/h2-10,22,29H,11-12H2,1H3,(H,30,31)(H2,28,32,33). The summed E-state index contributed by atoms with van der Waals surface area (Å²) in [6, 6.07) is 10.7. The Morgan fingerprint density at radius 1 is 1.03 bits per heavy atom. The van der Waals surface area contributed by atoms with Crippen molar-refractivity contribution in [1.82, 2.24) is 5.32 Å². The van der Waals surface area contributed by atoms with Crippen LogP contribution in [0.4, 0.5) is 23.2 Å². The summed E-state index contributed by atoms with van der Waals surface area (Å²) in [5, 5.41) is 10.2. The Hall–Kier alpha value is -3.48. The molecule has 0 unspecified atom stereocenters. The van der Waals surface area contributed by atoms with Gasteiger partial charge in [-0.3, -0.25) is 4.79 Å². The van der Waals surface area contributed by atoms with E-state index in [1.807, 2.05) is 0 Å². The summed E-state index contributed by atoms with van der Waals surface area (Å²) < 4.78 is 81.6. The van der Waals surface area contributed by atoms with Crippen LogP contribution in [0.5, 0.6) is 5.75 Å². The molecular formula is C23H21F4N3O4S. The number of anilines is 1. The molecule has 3 aromatic carbocycles. The summed E-state index contributed by atoms with van der Waals surface area (Å²) in [6.07, 6.45) is -2.63. The number of ether oxygens (including phenoxy) is 1. The van der Waals surface area contributed by atoms with Crippen LogP contribution >= 0.6 is 0 Å². The van der Waals surface area contributed by atoms with E-state index in [4.69, 9.17) is 9.88 Å². The van der Waals surface area contributed by atoms with E-state index in [0.717, 1.165) is 18.2 Å². The lowest BCUT2D eigenvalue weighted by molar-refractivity contribution is 0.102. The molecule has 3 aromatic rings. The molecule has 1 amide bonds. The molecule has 35 heavy (non-hydrogen) atoms. The molecule has 0 aromatic heterocycles. The molecular weight excluding hydrogens is 490 g/mol. The lowest BCUT2D eigenvalue weighted by atomic mass is 9.96. The smallest absolute Gasteiger partial charge is 0.255 e. The van der Waals surface area contributed by atoms with Gasteiger partial charge >= 0.3 is 0 Å². The van der Waals surface area contributed by atoms with Crippen molar-refractivity contribution in [3.63, 3.8) is 0 Å². The topological polar surface area (TPSA) is 111 Å². The molecule has 186 valence electrons. The zero-order valence-electron chi connectivity index (χ0n) is 18.3. The van der Waals surface area contributed by atoms with E-state index in [0.29, 0.717) is 0 Å². The Bertz CT molecular complexity index is 1350. The van der Waals surface area contributed by atoms with Crippen LogP contribution in [0, 0.1) is 11.6 Å². The monoisotopic (exact) mass is 511 g/mol. The van der Waals surface area contributed by atoms with Crippen molar-refractivity contribution in [3.05, 3.63) is 77.4 Å². The number of nitrogens with one attached hydrogen (secondary N) is 2. The van der Waals surface area contributed by atoms with Gasteiger partial charge in [-0.25, -0.2) is 31.1 Å². The highest BCUT2D eigenvalue weighted by Crippen LogP contribution is 2.30. The predicted molar refractivity (Wildman–Crippen MR) is 122 cm³/mol. The van der Waals surface area contributed by atoms with Gasteiger partial charge in [0.1, 0.15) is 22.3 Å². The number of amides is 1. The maximum absolute atomic E-state index is 14.4. The average Bonchev–Trinajstić information content (AvgIpc) is 2.79. The van der Waals surface area contributed by atoms with Gasteiger partial charge in [0.15, 0.2) is 0 Å². The number of sulfonamides is 1. The second-order valence-electron chi connectivity index (χ2n) is 7.38. The number of rotatable bonds is 9. The van der Waals surface area contributed by atoms with Crippen LogP contribution in [-0.2, 0) is 16.6 Å². The Morgan fingerprint density at radius 2 is 1.77 bits per heavy atom. The number of carbonyl (C=O) groups excluding carboxylic acids is 1. The Kier molecular flexibility index (Phi) is 8.10. The molecule has 0 saturated heterocycles. The van der Waals surface area contributed by atoms with Gasteiger partial charge < -0.3 is 15.4 Å². The van der Waals surface area contributed by atoms with Crippen LogP contribution in [-0.4, -0.2) is 34.4 Å². The molecule has 0 saturated carbocycles. The van der Waals surface area contributed by atoms with Crippen molar-refractivity contribution in [2.45, 2.75) is 17.9 Å². The second-order valence-corrected chi connectivity index (χ2v) is 8.91. The van der Waals surface area contributed by atoms with Crippen molar-refractivity contribution in [1.29, 1.82) is 0 Å². The number of primary sulfonamides is 1. The molecule has 0 heterocycles. The number of halogens is 4. The van der Waals surface area contributed by atoms with Crippen LogP contribution in [0.2, 0.25) is 0 Å². The first kappa shape index (κ1) is 26.1. The van der Waals surface area contributed by atoms with Gasteiger partial charge in [-0.05, 0) is 53.6 Å². The molecule has 0 aliphatic heterocycles. The first-order valence-corrected chi connectivity index (χ1v) is 11.6. The van der Waals surface area contributed by atoms with Crippen LogP contribution < -0.4 is 20.5 Å². The van der Waals surface area contributed by atoms with Crippen molar-refractivity contribution < 1.29 is 35.5 Å². The summed E-state index contributed by atoms with van der Waals surface area (Å²) in [5.41, 5.74) is 0.698. The van der Waals surface area contributed by atoms with Crippen molar-refractivity contribution in [2.75, 3.05) is 19.0 Å². The fourth-order valence-electron chi connectivity index (χ4n) is 3.35. The molecule has 0 aliphatic rings. The molecule has 0 aliphatic carbocycles. The molecule has 0 radical (unpaired) electrons. The van der Waals surface area contributed by atoms with E-state index in [9.17, 15) is 30.8 Å². The van der Waals surface area contributed by atoms with E-state index < -0.39 is 40.5 Å². The molecule has 0 bridgehead atoms. The SMILES string of the molecule is COc1cc(NC(=O)c2ccc(-c3cc(F)ccc3F)c(CNCC(F)F)c2)ccc1S(N)(=O)=O. The van der Waals surface area contributed by atoms with Gasteiger partial charge in [0.25, 0.3) is 12.3 Å². The van der Waals surface area contributed by atoms with Gasteiger partial charge in [0, 0.05) is 29.4 Å². The summed E-state index contributed by atoms with van der Waals surface area (Å²) in [4.78, 5) is 12.6. The van der Waals surface area contributed by atoms with Crippen LogP contribution in [0.3, 0.4) is 0 Å². The zero-order valence-corrected chi connectivity index (χ0v) is 19.1.